The molecule has 0 spiro atoms. The second-order valence-corrected chi connectivity index (χ2v) is 6.05. The van der Waals surface area contributed by atoms with Crippen LogP contribution in [0.2, 0.25) is 0 Å². The second-order valence-electron chi connectivity index (χ2n) is 6.05. The monoisotopic (exact) mass is 275 g/mol. The van der Waals surface area contributed by atoms with Gasteiger partial charge in [-0.05, 0) is 30.4 Å². The Bertz CT molecular complexity index is 473. The molecule has 0 bridgehead atoms. The fourth-order valence-electron chi connectivity index (χ4n) is 2.67. The number of amides is 1. The van der Waals surface area contributed by atoms with Crippen LogP contribution in [0.3, 0.4) is 0 Å². The zero-order valence-corrected chi connectivity index (χ0v) is 12.5. The molecule has 0 saturated carbocycles. The fraction of sp³-hybridized carbons (Fsp3) is 0.562. The van der Waals surface area contributed by atoms with E-state index in [9.17, 15) is 4.79 Å². The Morgan fingerprint density at radius 2 is 1.95 bits per heavy atom. The van der Waals surface area contributed by atoms with Crippen LogP contribution in [0.25, 0.3) is 0 Å². The Labute approximate surface area is 121 Å². The molecule has 1 aromatic carbocycles. The number of hydrogen-bond donors (Lipinski definition) is 3. The van der Waals surface area contributed by atoms with E-state index in [2.05, 4.69) is 36.6 Å². The van der Waals surface area contributed by atoms with E-state index in [1.165, 1.54) is 11.1 Å². The number of carbonyl (C=O) groups is 1. The quantitative estimate of drug-likeness (QED) is 0.768. The van der Waals surface area contributed by atoms with Crippen molar-refractivity contribution >= 4 is 5.91 Å². The lowest BCUT2D eigenvalue weighted by atomic mass is 10.1. The van der Waals surface area contributed by atoms with Gasteiger partial charge in [-0.1, -0.05) is 38.1 Å². The van der Waals surface area contributed by atoms with Crippen molar-refractivity contribution in [3.05, 3.63) is 35.4 Å². The molecular weight excluding hydrogens is 250 g/mol. The van der Waals surface area contributed by atoms with Crippen LogP contribution in [0.5, 0.6) is 0 Å². The molecule has 0 saturated heterocycles. The second kappa shape index (κ2) is 6.37. The summed E-state index contributed by atoms with van der Waals surface area (Å²) in [7, 11) is 0. The van der Waals surface area contributed by atoms with E-state index in [0.29, 0.717) is 12.5 Å². The molecule has 2 rings (SSSR count). The number of nitrogens with one attached hydrogen (secondary N) is 2. The van der Waals surface area contributed by atoms with E-state index in [-0.39, 0.29) is 24.0 Å². The highest BCUT2D eigenvalue weighted by Crippen LogP contribution is 2.37. The van der Waals surface area contributed by atoms with Gasteiger partial charge in [0.15, 0.2) is 0 Å². The van der Waals surface area contributed by atoms with E-state index < -0.39 is 0 Å². The topological polar surface area (TPSA) is 67.2 Å². The number of rotatable bonds is 5. The number of benzene rings is 1. The number of hydrogen-bond acceptors (Lipinski definition) is 3. The Hall–Kier alpha value is -1.39. The largest absolute Gasteiger partial charge is 0.354 e. The molecule has 3 unspecified atom stereocenters. The normalized spacial score (nSPS) is 22.6. The Kier molecular flexibility index (Phi) is 4.78. The molecular formula is C16H25N3O. The van der Waals surface area contributed by atoms with E-state index in [4.69, 9.17) is 5.73 Å². The first kappa shape index (κ1) is 15.0. The molecule has 4 N–H and O–H groups in total. The lowest BCUT2D eigenvalue weighted by molar-refractivity contribution is -0.123. The van der Waals surface area contributed by atoms with Crippen LogP contribution < -0.4 is 16.4 Å². The predicted molar refractivity (Wildman–Crippen MR) is 81.2 cm³/mol. The lowest BCUT2D eigenvalue weighted by Crippen LogP contribution is -2.44. The van der Waals surface area contributed by atoms with Gasteiger partial charge >= 0.3 is 0 Å². The van der Waals surface area contributed by atoms with Crippen LogP contribution in [-0.2, 0) is 4.79 Å². The van der Waals surface area contributed by atoms with Crippen LogP contribution in [-0.4, -0.2) is 18.5 Å². The average molecular weight is 275 g/mol. The molecule has 0 radical (unpaired) electrons. The standard InChI is InChI=1S/C16H25N3O/c1-10(2)9-18-16(20)11(3)19-15-8-14(17)12-6-4-5-7-13(12)15/h4-7,10-11,14-15,19H,8-9,17H2,1-3H3,(H,18,20). The van der Waals surface area contributed by atoms with Crippen LogP contribution in [0, 0.1) is 5.92 Å². The molecule has 20 heavy (non-hydrogen) atoms. The molecule has 1 aromatic rings. The summed E-state index contributed by atoms with van der Waals surface area (Å²) in [5, 5.41) is 6.36. The van der Waals surface area contributed by atoms with Crippen molar-refractivity contribution in [3.8, 4) is 0 Å². The molecule has 1 aliphatic rings. The third-order valence-electron chi connectivity index (χ3n) is 3.79. The van der Waals surface area contributed by atoms with Gasteiger partial charge in [0.2, 0.25) is 5.91 Å². The average Bonchev–Trinajstić information content (AvgIpc) is 2.73. The Morgan fingerprint density at radius 1 is 1.30 bits per heavy atom. The summed E-state index contributed by atoms with van der Waals surface area (Å²) in [5.74, 6) is 0.517. The molecule has 4 nitrogen and oxygen atoms in total. The summed E-state index contributed by atoms with van der Waals surface area (Å²) in [6.07, 6.45) is 0.848. The lowest BCUT2D eigenvalue weighted by Gasteiger charge is -2.20. The van der Waals surface area contributed by atoms with Crippen molar-refractivity contribution in [1.29, 1.82) is 0 Å². The minimum absolute atomic E-state index is 0.0525. The highest BCUT2D eigenvalue weighted by molar-refractivity contribution is 5.81. The predicted octanol–water partition coefficient (Wildman–Crippen LogP) is 1.88. The summed E-state index contributed by atoms with van der Waals surface area (Å²) >= 11 is 0. The molecule has 0 aromatic heterocycles. The van der Waals surface area contributed by atoms with Gasteiger partial charge in [0.25, 0.3) is 0 Å². The summed E-state index contributed by atoms with van der Waals surface area (Å²) in [6.45, 7) is 6.79. The maximum Gasteiger partial charge on any atom is 0.236 e. The first-order valence-electron chi connectivity index (χ1n) is 7.37. The minimum atomic E-state index is -0.211. The summed E-state index contributed by atoms with van der Waals surface area (Å²) < 4.78 is 0. The zero-order chi connectivity index (χ0) is 14.7. The van der Waals surface area contributed by atoms with Crippen LogP contribution in [0.1, 0.15) is 50.4 Å². The third kappa shape index (κ3) is 3.38. The molecule has 1 aliphatic carbocycles. The highest BCUT2D eigenvalue weighted by atomic mass is 16.2. The SMILES string of the molecule is CC(C)CNC(=O)C(C)NC1CC(N)c2ccccc21. The van der Waals surface area contributed by atoms with Crippen LogP contribution in [0.15, 0.2) is 24.3 Å². The first-order chi connectivity index (χ1) is 9.49. The van der Waals surface area contributed by atoms with Gasteiger partial charge in [-0.2, -0.15) is 0 Å². The number of nitrogens with two attached hydrogens (primary N) is 1. The van der Waals surface area contributed by atoms with Crippen molar-refractivity contribution < 1.29 is 4.79 Å². The van der Waals surface area contributed by atoms with Crippen molar-refractivity contribution in [2.75, 3.05) is 6.54 Å². The van der Waals surface area contributed by atoms with Gasteiger partial charge in [0, 0.05) is 18.6 Å². The maximum absolute atomic E-state index is 12.0. The van der Waals surface area contributed by atoms with E-state index in [1.54, 1.807) is 0 Å². The van der Waals surface area contributed by atoms with Gasteiger partial charge in [-0.15, -0.1) is 0 Å². The van der Waals surface area contributed by atoms with Gasteiger partial charge in [-0.25, -0.2) is 0 Å². The minimum Gasteiger partial charge on any atom is -0.354 e. The first-order valence-corrected chi connectivity index (χ1v) is 7.37. The van der Waals surface area contributed by atoms with Crippen molar-refractivity contribution in [2.24, 2.45) is 11.7 Å². The van der Waals surface area contributed by atoms with E-state index in [0.717, 1.165) is 6.42 Å². The number of fused-ring (bicyclic) bond motifs is 1. The van der Waals surface area contributed by atoms with Crippen LogP contribution >= 0.6 is 0 Å². The van der Waals surface area contributed by atoms with Gasteiger partial charge < -0.3 is 11.1 Å². The van der Waals surface area contributed by atoms with Gasteiger partial charge in [0.05, 0.1) is 6.04 Å². The molecule has 4 heteroatoms. The number of carbonyl (C=O) groups excluding carboxylic acids is 1. The fourth-order valence-corrected chi connectivity index (χ4v) is 2.67. The van der Waals surface area contributed by atoms with E-state index in [1.807, 2.05) is 19.1 Å². The molecule has 110 valence electrons. The third-order valence-corrected chi connectivity index (χ3v) is 3.79. The smallest absolute Gasteiger partial charge is 0.236 e. The van der Waals surface area contributed by atoms with Crippen LogP contribution in [0.4, 0.5) is 0 Å². The van der Waals surface area contributed by atoms with Crippen molar-refractivity contribution in [3.63, 3.8) is 0 Å². The van der Waals surface area contributed by atoms with Crippen molar-refractivity contribution in [2.45, 2.75) is 45.3 Å². The maximum atomic E-state index is 12.0. The molecule has 0 aliphatic heterocycles. The molecule has 0 fully saturated rings. The summed E-state index contributed by atoms with van der Waals surface area (Å²) in [5.41, 5.74) is 8.57. The molecule has 3 atom stereocenters. The zero-order valence-electron chi connectivity index (χ0n) is 12.5. The Morgan fingerprint density at radius 3 is 2.60 bits per heavy atom. The Balaban J connectivity index is 1.96. The van der Waals surface area contributed by atoms with Gasteiger partial charge in [0.1, 0.15) is 0 Å². The summed E-state index contributed by atoms with van der Waals surface area (Å²) in [6, 6.07) is 8.23. The highest BCUT2D eigenvalue weighted by Gasteiger charge is 2.30. The summed E-state index contributed by atoms with van der Waals surface area (Å²) in [4.78, 5) is 12.0. The van der Waals surface area contributed by atoms with E-state index >= 15 is 0 Å². The molecule has 1 amide bonds. The molecule has 0 heterocycles. The van der Waals surface area contributed by atoms with Crippen molar-refractivity contribution in [1.82, 2.24) is 10.6 Å². The van der Waals surface area contributed by atoms with Gasteiger partial charge in [-0.3, -0.25) is 10.1 Å².